The molecule has 0 unspecified atom stereocenters. The summed E-state index contributed by atoms with van der Waals surface area (Å²) < 4.78 is 6.25. The van der Waals surface area contributed by atoms with Gasteiger partial charge in [-0.2, -0.15) is 0 Å². The quantitative estimate of drug-likeness (QED) is 0.251. The minimum absolute atomic E-state index is 0.0152. The van der Waals surface area contributed by atoms with Crippen molar-refractivity contribution in [1.82, 2.24) is 10.3 Å². The van der Waals surface area contributed by atoms with Crippen molar-refractivity contribution in [2.24, 2.45) is 0 Å². The molecule has 2 aromatic heterocycles. The van der Waals surface area contributed by atoms with Gasteiger partial charge in [0, 0.05) is 29.6 Å². The molecule has 2 aromatic carbocycles. The third-order valence-corrected chi connectivity index (χ3v) is 5.71. The standard InChI is InChI=1S/C24H18N4O3S/c29-28(30)18-10-6-7-16(15-18)20-12-13-21(31-20)23-22(19-11-4-5-14-25-19)26-24(32)27(23)17-8-2-1-3-9-17/h1-15,22-23H,(H,26,32)/t22-,23-/m1/s1. The van der Waals surface area contributed by atoms with E-state index in [2.05, 4.69) is 10.3 Å². The van der Waals surface area contributed by atoms with Crippen molar-refractivity contribution in [3.05, 3.63) is 113 Å². The highest BCUT2D eigenvalue weighted by molar-refractivity contribution is 7.80. The second-order valence-electron chi connectivity index (χ2n) is 7.34. The first-order valence-corrected chi connectivity index (χ1v) is 10.4. The van der Waals surface area contributed by atoms with Crippen LogP contribution < -0.4 is 10.2 Å². The second kappa shape index (κ2) is 8.24. The third-order valence-electron chi connectivity index (χ3n) is 5.39. The van der Waals surface area contributed by atoms with Crippen LogP contribution in [0.5, 0.6) is 0 Å². The molecule has 1 saturated heterocycles. The number of nitrogens with zero attached hydrogens (tertiary/aromatic N) is 3. The summed E-state index contributed by atoms with van der Waals surface area (Å²) in [5.74, 6) is 1.23. The Morgan fingerprint density at radius 3 is 2.56 bits per heavy atom. The minimum atomic E-state index is -0.416. The van der Waals surface area contributed by atoms with Crippen molar-refractivity contribution >= 4 is 28.7 Å². The first-order chi connectivity index (χ1) is 15.6. The fourth-order valence-electron chi connectivity index (χ4n) is 3.95. The zero-order valence-electron chi connectivity index (χ0n) is 16.8. The number of anilines is 1. The summed E-state index contributed by atoms with van der Waals surface area (Å²) >= 11 is 5.69. The lowest BCUT2D eigenvalue weighted by atomic mass is 10.0. The zero-order chi connectivity index (χ0) is 22.1. The number of benzene rings is 2. The lowest BCUT2D eigenvalue weighted by molar-refractivity contribution is -0.384. The minimum Gasteiger partial charge on any atom is -0.459 e. The van der Waals surface area contributed by atoms with Gasteiger partial charge in [0.2, 0.25) is 0 Å². The Morgan fingerprint density at radius 1 is 1.00 bits per heavy atom. The summed E-state index contributed by atoms with van der Waals surface area (Å²) in [5, 5.41) is 15.1. The van der Waals surface area contributed by atoms with Crippen molar-refractivity contribution < 1.29 is 9.34 Å². The number of nitro groups is 1. The van der Waals surface area contributed by atoms with Gasteiger partial charge in [-0.15, -0.1) is 0 Å². The number of hydrogen-bond donors (Lipinski definition) is 1. The fraction of sp³-hybridized carbons (Fsp3) is 0.0833. The van der Waals surface area contributed by atoms with E-state index < -0.39 is 4.92 Å². The van der Waals surface area contributed by atoms with Crippen molar-refractivity contribution in [2.75, 3.05) is 4.90 Å². The summed E-state index contributed by atoms with van der Waals surface area (Å²) in [4.78, 5) is 17.3. The Hall–Kier alpha value is -4.04. The Kier molecular flexibility index (Phi) is 5.12. The van der Waals surface area contributed by atoms with E-state index >= 15 is 0 Å². The highest BCUT2D eigenvalue weighted by Crippen LogP contribution is 2.42. The Bertz CT molecular complexity index is 1280. The molecule has 7 nitrogen and oxygen atoms in total. The van der Waals surface area contributed by atoms with E-state index in [1.807, 2.05) is 65.6 Å². The van der Waals surface area contributed by atoms with Gasteiger partial charge >= 0.3 is 0 Å². The number of aromatic nitrogens is 1. The van der Waals surface area contributed by atoms with Crippen LogP contribution in [-0.2, 0) is 0 Å². The van der Waals surface area contributed by atoms with Gasteiger partial charge in [0.25, 0.3) is 5.69 Å². The number of nitrogens with one attached hydrogen (secondary N) is 1. The van der Waals surface area contributed by atoms with Gasteiger partial charge in [0.1, 0.15) is 17.6 Å². The Balaban J connectivity index is 1.58. The molecule has 1 aliphatic rings. The number of para-hydroxylation sites is 1. The lowest BCUT2D eigenvalue weighted by Crippen LogP contribution is -2.29. The monoisotopic (exact) mass is 442 g/mol. The van der Waals surface area contributed by atoms with Crippen LogP contribution in [0.3, 0.4) is 0 Å². The number of rotatable bonds is 5. The fourth-order valence-corrected chi connectivity index (χ4v) is 4.30. The van der Waals surface area contributed by atoms with E-state index in [0.717, 1.165) is 11.4 Å². The van der Waals surface area contributed by atoms with Gasteiger partial charge in [-0.25, -0.2) is 0 Å². The van der Waals surface area contributed by atoms with Crippen LogP contribution in [0, 0.1) is 10.1 Å². The van der Waals surface area contributed by atoms with Gasteiger partial charge in [-0.1, -0.05) is 36.4 Å². The van der Waals surface area contributed by atoms with Gasteiger partial charge in [-0.3, -0.25) is 15.1 Å². The Morgan fingerprint density at radius 2 is 1.81 bits per heavy atom. The SMILES string of the molecule is O=[N+]([O-])c1cccc(-c2ccc([C@@H]3[C@@H](c4ccccn4)NC(=S)N3c3ccccc3)o2)c1. The Labute approximate surface area is 189 Å². The first kappa shape index (κ1) is 19.9. The largest absolute Gasteiger partial charge is 0.459 e. The van der Waals surface area contributed by atoms with Gasteiger partial charge in [0.15, 0.2) is 5.11 Å². The van der Waals surface area contributed by atoms with Crippen LogP contribution in [0.25, 0.3) is 11.3 Å². The smallest absolute Gasteiger partial charge is 0.270 e. The number of furan rings is 1. The number of non-ortho nitro benzene ring substituents is 1. The predicted octanol–water partition coefficient (Wildman–Crippen LogP) is 5.43. The highest BCUT2D eigenvalue weighted by atomic mass is 32.1. The van der Waals surface area contributed by atoms with Gasteiger partial charge in [0.05, 0.1) is 16.7 Å². The van der Waals surface area contributed by atoms with E-state index in [1.165, 1.54) is 12.1 Å². The topological polar surface area (TPSA) is 84.4 Å². The van der Waals surface area contributed by atoms with Crippen LogP contribution in [-0.4, -0.2) is 15.0 Å². The summed E-state index contributed by atoms with van der Waals surface area (Å²) in [5.41, 5.74) is 2.43. The molecule has 32 heavy (non-hydrogen) atoms. The summed E-state index contributed by atoms with van der Waals surface area (Å²) in [6, 6.07) is 25.2. The molecule has 0 radical (unpaired) electrons. The van der Waals surface area contributed by atoms with E-state index in [0.29, 0.717) is 22.2 Å². The van der Waals surface area contributed by atoms with Gasteiger partial charge in [-0.05, 0) is 48.6 Å². The molecule has 8 heteroatoms. The number of nitro benzene ring substituents is 1. The number of thiocarbonyl (C=S) groups is 1. The lowest BCUT2D eigenvalue weighted by Gasteiger charge is -2.26. The number of pyridine rings is 1. The first-order valence-electron chi connectivity index (χ1n) is 10.0. The summed E-state index contributed by atoms with van der Waals surface area (Å²) in [6.45, 7) is 0. The summed E-state index contributed by atoms with van der Waals surface area (Å²) in [7, 11) is 0. The average molecular weight is 443 g/mol. The molecule has 4 aromatic rings. The molecule has 2 atom stereocenters. The molecule has 1 aliphatic heterocycles. The molecule has 0 spiro atoms. The molecule has 0 amide bonds. The zero-order valence-corrected chi connectivity index (χ0v) is 17.6. The van der Waals surface area contributed by atoms with E-state index in [1.54, 1.807) is 18.3 Å². The highest BCUT2D eigenvalue weighted by Gasteiger charge is 2.42. The molecule has 158 valence electrons. The van der Waals surface area contributed by atoms with Crippen molar-refractivity contribution in [3.8, 4) is 11.3 Å². The molecule has 3 heterocycles. The van der Waals surface area contributed by atoms with Crippen LogP contribution >= 0.6 is 12.2 Å². The molecule has 5 rings (SSSR count). The molecular weight excluding hydrogens is 424 g/mol. The van der Waals surface area contributed by atoms with Crippen LogP contribution in [0.4, 0.5) is 11.4 Å². The molecular formula is C24H18N4O3S. The molecule has 0 bridgehead atoms. The maximum atomic E-state index is 11.2. The maximum Gasteiger partial charge on any atom is 0.270 e. The van der Waals surface area contributed by atoms with Crippen molar-refractivity contribution in [2.45, 2.75) is 12.1 Å². The molecule has 1 N–H and O–H groups in total. The van der Waals surface area contributed by atoms with E-state index in [9.17, 15) is 10.1 Å². The van der Waals surface area contributed by atoms with E-state index in [4.69, 9.17) is 16.6 Å². The second-order valence-corrected chi connectivity index (χ2v) is 7.73. The normalized spacial score (nSPS) is 17.9. The number of hydrogen-bond acceptors (Lipinski definition) is 5. The van der Waals surface area contributed by atoms with Crippen molar-refractivity contribution in [1.29, 1.82) is 0 Å². The molecule has 0 saturated carbocycles. The van der Waals surface area contributed by atoms with Crippen LogP contribution in [0.1, 0.15) is 23.5 Å². The average Bonchev–Trinajstić information content (AvgIpc) is 3.45. The van der Waals surface area contributed by atoms with Gasteiger partial charge < -0.3 is 14.6 Å². The van der Waals surface area contributed by atoms with Crippen LogP contribution in [0.15, 0.2) is 95.5 Å². The summed E-state index contributed by atoms with van der Waals surface area (Å²) in [6.07, 6.45) is 1.75. The third kappa shape index (κ3) is 3.61. The molecule has 0 aliphatic carbocycles. The maximum absolute atomic E-state index is 11.2. The predicted molar refractivity (Wildman–Crippen MR) is 125 cm³/mol. The van der Waals surface area contributed by atoms with Crippen LogP contribution in [0.2, 0.25) is 0 Å². The van der Waals surface area contributed by atoms with Crippen molar-refractivity contribution in [3.63, 3.8) is 0 Å². The molecule has 1 fully saturated rings. The van der Waals surface area contributed by atoms with E-state index in [-0.39, 0.29) is 17.8 Å².